The lowest BCUT2D eigenvalue weighted by molar-refractivity contribution is 0.0871. The number of hydrogen-bond donors (Lipinski definition) is 1. The largest absolute Gasteiger partial charge is 0.327 e. The molecule has 0 bridgehead atoms. The van der Waals surface area contributed by atoms with Crippen LogP contribution in [0.5, 0.6) is 0 Å². The summed E-state index contributed by atoms with van der Waals surface area (Å²) in [4.78, 5) is 0. The van der Waals surface area contributed by atoms with Crippen molar-refractivity contribution >= 4 is 0 Å². The topological polar surface area (TPSA) is 26.0 Å². The van der Waals surface area contributed by atoms with E-state index in [4.69, 9.17) is 5.73 Å². The van der Waals surface area contributed by atoms with Crippen LogP contribution in [0, 0.1) is 35.0 Å². The zero-order valence-electron chi connectivity index (χ0n) is 16.1. The van der Waals surface area contributed by atoms with Gasteiger partial charge in [0.2, 0.25) is 0 Å². The van der Waals surface area contributed by atoms with Gasteiger partial charge in [0.05, 0.1) is 0 Å². The predicted molar refractivity (Wildman–Crippen MR) is 103 cm³/mol. The molecule has 0 aliphatic heterocycles. The fraction of sp³-hybridized carbons (Fsp3) is 1.00. The third-order valence-corrected chi connectivity index (χ3v) is 8.96. The van der Waals surface area contributed by atoms with Gasteiger partial charge in [-0.15, -0.1) is 0 Å². The van der Waals surface area contributed by atoms with E-state index in [0.717, 1.165) is 35.0 Å². The Balaban J connectivity index is 1.34. The summed E-state index contributed by atoms with van der Waals surface area (Å²) in [6.07, 6.45) is 22.5. The van der Waals surface area contributed by atoms with E-state index in [-0.39, 0.29) is 0 Å². The molecule has 4 aliphatic rings. The van der Waals surface area contributed by atoms with Crippen molar-refractivity contribution in [2.75, 3.05) is 0 Å². The summed E-state index contributed by atoms with van der Waals surface area (Å²) in [7, 11) is 0. The Bertz CT molecular complexity index is 394. The van der Waals surface area contributed by atoms with Crippen LogP contribution >= 0.6 is 0 Å². The molecule has 4 aliphatic carbocycles. The molecule has 4 saturated carbocycles. The van der Waals surface area contributed by atoms with Gasteiger partial charge < -0.3 is 5.73 Å². The quantitative estimate of drug-likeness (QED) is 0.599. The molecule has 0 aromatic carbocycles. The molecule has 0 aromatic rings. The minimum absolute atomic E-state index is 0.545. The molecule has 0 saturated heterocycles. The standard InChI is InChI=1S/C23H41N/c1-17-6-2-12-23(13-3-7-17)14-4-8-18(9-5-15-23)22-20-11-10-19(20)16-21(22)24/h17-22H,2-16,24H2,1H3. The van der Waals surface area contributed by atoms with Crippen molar-refractivity contribution in [1.82, 2.24) is 0 Å². The Hall–Kier alpha value is -0.0400. The highest BCUT2D eigenvalue weighted by Crippen LogP contribution is 2.55. The molecule has 1 nitrogen and oxygen atoms in total. The van der Waals surface area contributed by atoms with Gasteiger partial charge in [0.1, 0.15) is 0 Å². The van der Waals surface area contributed by atoms with E-state index >= 15 is 0 Å². The molecule has 2 N–H and O–H groups in total. The summed E-state index contributed by atoms with van der Waals surface area (Å²) in [5, 5.41) is 0. The first-order valence-corrected chi connectivity index (χ1v) is 11.4. The lowest BCUT2D eigenvalue weighted by Crippen LogP contribution is -2.37. The molecule has 1 spiro atoms. The van der Waals surface area contributed by atoms with E-state index in [1.807, 2.05) is 0 Å². The van der Waals surface area contributed by atoms with Crippen molar-refractivity contribution in [3.8, 4) is 0 Å². The van der Waals surface area contributed by atoms with Gasteiger partial charge in [0.25, 0.3) is 0 Å². The van der Waals surface area contributed by atoms with Crippen LogP contribution in [-0.2, 0) is 0 Å². The molecule has 0 aromatic heterocycles. The van der Waals surface area contributed by atoms with Gasteiger partial charge in [-0.1, -0.05) is 58.3 Å². The molecule has 4 rings (SSSR count). The van der Waals surface area contributed by atoms with E-state index in [9.17, 15) is 0 Å². The highest BCUT2D eigenvalue weighted by Gasteiger charge is 2.49. The van der Waals surface area contributed by atoms with Crippen LogP contribution in [0.25, 0.3) is 0 Å². The molecule has 138 valence electrons. The summed E-state index contributed by atoms with van der Waals surface area (Å²) in [5.41, 5.74) is 7.35. The van der Waals surface area contributed by atoms with Crippen LogP contribution in [-0.4, -0.2) is 6.04 Å². The molecule has 0 amide bonds. The summed E-state index contributed by atoms with van der Waals surface area (Å²) in [6.45, 7) is 2.47. The molecule has 1 heteroatoms. The second kappa shape index (κ2) is 7.29. The smallest absolute Gasteiger partial charge is 0.00753 e. The van der Waals surface area contributed by atoms with E-state index < -0.39 is 0 Å². The number of fused-ring (bicyclic) bond motifs is 1. The average molecular weight is 332 g/mol. The average Bonchev–Trinajstić information content (AvgIpc) is 2.71. The van der Waals surface area contributed by atoms with Crippen molar-refractivity contribution in [1.29, 1.82) is 0 Å². The van der Waals surface area contributed by atoms with Crippen LogP contribution < -0.4 is 5.73 Å². The van der Waals surface area contributed by atoms with E-state index in [1.54, 1.807) is 0 Å². The highest BCUT2D eigenvalue weighted by molar-refractivity contribution is 5.01. The summed E-state index contributed by atoms with van der Waals surface area (Å²) in [6, 6.07) is 0.545. The molecule has 0 radical (unpaired) electrons. The number of nitrogens with two attached hydrogens (primary N) is 1. The number of hydrogen-bond acceptors (Lipinski definition) is 1. The van der Waals surface area contributed by atoms with Crippen molar-refractivity contribution in [3.05, 3.63) is 0 Å². The third kappa shape index (κ3) is 3.44. The fourth-order valence-corrected chi connectivity index (χ4v) is 7.47. The lowest BCUT2D eigenvalue weighted by atomic mass is 9.63. The van der Waals surface area contributed by atoms with Crippen molar-refractivity contribution in [3.63, 3.8) is 0 Å². The first-order valence-electron chi connectivity index (χ1n) is 11.4. The summed E-state index contributed by atoms with van der Waals surface area (Å²) >= 11 is 0. The van der Waals surface area contributed by atoms with E-state index in [2.05, 4.69) is 6.92 Å². The van der Waals surface area contributed by atoms with E-state index in [1.165, 1.54) is 96.3 Å². The second-order valence-corrected chi connectivity index (χ2v) is 10.4. The number of rotatable bonds is 1. The maximum absolute atomic E-state index is 6.61. The van der Waals surface area contributed by atoms with Crippen molar-refractivity contribution in [2.24, 2.45) is 40.7 Å². The van der Waals surface area contributed by atoms with Crippen LogP contribution in [0.4, 0.5) is 0 Å². The van der Waals surface area contributed by atoms with Crippen LogP contribution in [0.15, 0.2) is 0 Å². The van der Waals surface area contributed by atoms with Gasteiger partial charge in [0.15, 0.2) is 0 Å². The van der Waals surface area contributed by atoms with Gasteiger partial charge in [-0.3, -0.25) is 0 Å². The third-order valence-electron chi connectivity index (χ3n) is 8.96. The maximum Gasteiger partial charge on any atom is 0.00753 e. The summed E-state index contributed by atoms with van der Waals surface area (Å²) in [5.74, 6) is 4.91. The van der Waals surface area contributed by atoms with Crippen molar-refractivity contribution < 1.29 is 0 Å². The maximum atomic E-state index is 6.61. The Kier molecular flexibility index (Phi) is 5.28. The molecular formula is C23H41N. The molecule has 4 atom stereocenters. The Morgan fingerprint density at radius 1 is 0.708 bits per heavy atom. The molecule has 4 unspecified atom stereocenters. The minimum atomic E-state index is 0.545. The Morgan fingerprint density at radius 2 is 1.29 bits per heavy atom. The lowest BCUT2D eigenvalue weighted by Gasteiger charge is -2.42. The zero-order valence-corrected chi connectivity index (χ0v) is 16.1. The minimum Gasteiger partial charge on any atom is -0.327 e. The summed E-state index contributed by atoms with van der Waals surface area (Å²) < 4.78 is 0. The first-order chi connectivity index (χ1) is 11.7. The van der Waals surface area contributed by atoms with Gasteiger partial charge in [-0.05, 0) is 80.0 Å². The van der Waals surface area contributed by atoms with Gasteiger partial charge >= 0.3 is 0 Å². The Morgan fingerprint density at radius 3 is 1.79 bits per heavy atom. The predicted octanol–water partition coefficient (Wildman–Crippen LogP) is 6.31. The fourth-order valence-electron chi connectivity index (χ4n) is 7.47. The molecule has 24 heavy (non-hydrogen) atoms. The second-order valence-electron chi connectivity index (χ2n) is 10.4. The van der Waals surface area contributed by atoms with E-state index in [0.29, 0.717) is 6.04 Å². The monoisotopic (exact) mass is 331 g/mol. The van der Waals surface area contributed by atoms with Gasteiger partial charge in [-0.2, -0.15) is 0 Å². The van der Waals surface area contributed by atoms with Gasteiger partial charge in [-0.25, -0.2) is 0 Å². The van der Waals surface area contributed by atoms with Crippen LogP contribution in [0.2, 0.25) is 0 Å². The normalized spacial score (nSPS) is 50.2. The molecule has 0 heterocycles. The Labute approximate surface area is 150 Å². The SMILES string of the molecule is CC1CCCC2(CCC1)CCCC(C1C(N)CC3CCC31)CCC2. The van der Waals surface area contributed by atoms with Crippen LogP contribution in [0.3, 0.4) is 0 Å². The van der Waals surface area contributed by atoms with Gasteiger partial charge in [0, 0.05) is 6.04 Å². The highest BCUT2D eigenvalue weighted by atomic mass is 14.7. The first kappa shape index (κ1) is 17.4. The van der Waals surface area contributed by atoms with Crippen molar-refractivity contribution in [2.45, 2.75) is 109 Å². The molecular weight excluding hydrogens is 290 g/mol. The molecule has 4 fully saturated rings. The van der Waals surface area contributed by atoms with Crippen LogP contribution in [0.1, 0.15) is 103 Å². The zero-order chi connectivity index (χ0) is 16.6.